The van der Waals surface area contributed by atoms with Gasteiger partial charge in [-0.1, -0.05) is 32.0 Å². The zero-order valence-corrected chi connectivity index (χ0v) is 14.5. The van der Waals surface area contributed by atoms with Crippen molar-refractivity contribution in [2.45, 2.75) is 46.2 Å². The van der Waals surface area contributed by atoms with Crippen LogP contribution in [0.25, 0.3) is 10.8 Å². The van der Waals surface area contributed by atoms with Gasteiger partial charge in [-0.2, -0.15) is 5.10 Å². The second-order valence-electron chi connectivity index (χ2n) is 6.52. The van der Waals surface area contributed by atoms with Crippen molar-refractivity contribution in [1.82, 2.24) is 15.1 Å². The third-order valence-electron chi connectivity index (χ3n) is 3.79. The van der Waals surface area contributed by atoms with Gasteiger partial charge in [0.15, 0.2) is 5.69 Å². The number of amides is 1. The van der Waals surface area contributed by atoms with Crippen molar-refractivity contribution in [3.05, 3.63) is 40.3 Å². The molecule has 0 fully saturated rings. The average molecular weight is 331 g/mol. The number of rotatable bonds is 7. The van der Waals surface area contributed by atoms with Gasteiger partial charge in [-0.15, -0.1) is 0 Å². The van der Waals surface area contributed by atoms with E-state index in [0.717, 1.165) is 0 Å². The van der Waals surface area contributed by atoms with E-state index in [2.05, 4.69) is 10.4 Å². The van der Waals surface area contributed by atoms with Crippen LogP contribution in [0.1, 0.15) is 44.1 Å². The van der Waals surface area contributed by atoms with Gasteiger partial charge in [0.25, 0.3) is 11.5 Å². The van der Waals surface area contributed by atoms with E-state index in [-0.39, 0.29) is 35.7 Å². The SMILES string of the molecule is CC(C)Cn1nc(C(=O)NC(C)CCCO)c2ccccc2c1=O. The molecular formula is C18H25N3O3. The summed E-state index contributed by atoms with van der Waals surface area (Å²) >= 11 is 0. The molecule has 0 aliphatic carbocycles. The van der Waals surface area contributed by atoms with E-state index >= 15 is 0 Å². The first-order chi connectivity index (χ1) is 11.4. The second kappa shape index (κ2) is 8.06. The molecule has 1 heterocycles. The first kappa shape index (κ1) is 18.1. The number of hydrogen-bond acceptors (Lipinski definition) is 4. The highest BCUT2D eigenvalue weighted by atomic mass is 16.3. The van der Waals surface area contributed by atoms with E-state index in [4.69, 9.17) is 5.11 Å². The van der Waals surface area contributed by atoms with Crippen LogP contribution in [0.2, 0.25) is 0 Å². The monoisotopic (exact) mass is 331 g/mol. The van der Waals surface area contributed by atoms with Gasteiger partial charge in [0, 0.05) is 24.6 Å². The van der Waals surface area contributed by atoms with Gasteiger partial charge in [-0.05, 0) is 31.7 Å². The maximum Gasteiger partial charge on any atom is 0.274 e. The maximum absolute atomic E-state index is 12.6. The van der Waals surface area contributed by atoms with E-state index < -0.39 is 0 Å². The third kappa shape index (κ3) is 4.20. The van der Waals surface area contributed by atoms with Crippen LogP contribution in [0.5, 0.6) is 0 Å². The molecule has 6 heteroatoms. The van der Waals surface area contributed by atoms with Gasteiger partial charge in [-0.25, -0.2) is 4.68 Å². The van der Waals surface area contributed by atoms with Crippen LogP contribution in [0, 0.1) is 5.92 Å². The van der Waals surface area contributed by atoms with Crippen LogP contribution < -0.4 is 10.9 Å². The van der Waals surface area contributed by atoms with Crippen LogP contribution in [-0.2, 0) is 6.54 Å². The van der Waals surface area contributed by atoms with Crippen LogP contribution in [0.15, 0.2) is 29.1 Å². The predicted molar refractivity (Wildman–Crippen MR) is 94.1 cm³/mol. The van der Waals surface area contributed by atoms with E-state index in [9.17, 15) is 9.59 Å². The minimum absolute atomic E-state index is 0.0734. The summed E-state index contributed by atoms with van der Waals surface area (Å²) in [6.45, 7) is 6.45. The Morgan fingerprint density at radius 1 is 1.25 bits per heavy atom. The van der Waals surface area contributed by atoms with Gasteiger partial charge in [-0.3, -0.25) is 9.59 Å². The van der Waals surface area contributed by atoms with Crippen LogP contribution in [0.4, 0.5) is 0 Å². The number of hydrogen-bond donors (Lipinski definition) is 2. The number of nitrogens with zero attached hydrogens (tertiary/aromatic N) is 2. The Hall–Kier alpha value is -2.21. The lowest BCUT2D eigenvalue weighted by molar-refractivity contribution is 0.0930. The fourth-order valence-corrected chi connectivity index (χ4v) is 2.63. The molecule has 130 valence electrons. The van der Waals surface area contributed by atoms with Crippen LogP contribution in [-0.4, -0.2) is 33.4 Å². The molecule has 1 atom stereocenters. The molecule has 2 aromatic rings. The predicted octanol–water partition coefficient (Wildman–Crippen LogP) is 1.94. The van der Waals surface area contributed by atoms with Gasteiger partial charge in [0.2, 0.25) is 0 Å². The summed E-state index contributed by atoms with van der Waals surface area (Å²) in [5, 5.41) is 17.2. The Balaban J connectivity index is 2.42. The van der Waals surface area contributed by atoms with Crippen molar-refractivity contribution in [3.8, 4) is 0 Å². The van der Waals surface area contributed by atoms with Crippen LogP contribution >= 0.6 is 0 Å². The topological polar surface area (TPSA) is 84.2 Å². The molecule has 2 rings (SSSR count). The minimum atomic E-state index is -0.297. The van der Waals surface area contributed by atoms with E-state index in [1.54, 1.807) is 24.3 Å². The smallest absolute Gasteiger partial charge is 0.274 e. The van der Waals surface area contributed by atoms with Crippen molar-refractivity contribution >= 4 is 16.7 Å². The molecule has 1 aromatic heterocycles. The van der Waals surface area contributed by atoms with Gasteiger partial charge < -0.3 is 10.4 Å². The Morgan fingerprint density at radius 2 is 1.92 bits per heavy atom. The Bertz CT molecular complexity index is 768. The Kier molecular flexibility index (Phi) is 6.09. The first-order valence-corrected chi connectivity index (χ1v) is 8.35. The van der Waals surface area contributed by atoms with Crippen molar-refractivity contribution in [2.24, 2.45) is 5.92 Å². The molecule has 0 saturated carbocycles. The largest absolute Gasteiger partial charge is 0.396 e. The zero-order valence-electron chi connectivity index (χ0n) is 14.5. The van der Waals surface area contributed by atoms with E-state index in [0.29, 0.717) is 30.2 Å². The number of carbonyl (C=O) groups is 1. The summed E-state index contributed by atoms with van der Waals surface area (Å²) in [5.74, 6) is -0.0510. The molecule has 0 spiro atoms. The number of benzene rings is 1. The fraction of sp³-hybridized carbons (Fsp3) is 0.500. The summed E-state index contributed by atoms with van der Waals surface area (Å²) in [6.07, 6.45) is 1.31. The number of aliphatic hydroxyl groups excluding tert-OH is 1. The van der Waals surface area contributed by atoms with Crippen molar-refractivity contribution in [2.75, 3.05) is 6.61 Å². The highest BCUT2D eigenvalue weighted by molar-refractivity contribution is 6.04. The molecule has 1 amide bonds. The Labute approximate surface area is 141 Å². The number of carbonyl (C=O) groups excluding carboxylic acids is 1. The minimum Gasteiger partial charge on any atom is -0.396 e. The lowest BCUT2D eigenvalue weighted by Gasteiger charge is -2.15. The maximum atomic E-state index is 12.6. The molecule has 0 radical (unpaired) electrons. The summed E-state index contributed by atoms with van der Waals surface area (Å²) in [6, 6.07) is 6.98. The molecular weight excluding hydrogens is 306 g/mol. The van der Waals surface area contributed by atoms with Gasteiger partial charge in [0.05, 0.1) is 5.39 Å². The van der Waals surface area contributed by atoms with Crippen molar-refractivity contribution < 1.29 is 9.90 Å². The van der Waals surface area contributed by atoms with E-state index in [1.807, 2.05) is 20.8 Å². The summed E-state index contributed by atoms with van der Waals surface area (Å²) in [4.78, 5) is 25.2. The molecule has 0 aliphatic heterocycles. The average Bonchev–Trinajstić information content (AvgIpc) is 2.55. The zero-order chi connectivity index (χ0) is 17.7. The van der Waals surface area contributed by atoms with E-state index in [1.165, 1.54) is 4.68 Å². The lowest BCUT2D eigenvalue weighted by atomic mass is 10.1. The van der Waals surface area contributed by atoms with Crippen molar-refractivity contribution in [3.63, 3.8) is 0 Å². The van der Waals surface area contributed by atoms with Crippen LogP contribution in [0.3, 0.4) is 0 Å². The number of nitrogens with one attached hydrogen (secondary N) is 1. The third-order valence-corrected chi connectivity index (χ3v) is 3.79. The molecule has 1 aromatic carbocycles. The van der Waals surface area contributed by atoms with Crippen molar-refractivity contribution in [1.29, 1.82) is 0 Å². The van der Waals surface area contributed by atoms with Gasteiger partial charge >= 0.3 is 0 Å². The quantitative estimate of drug-likeness (QED) is 0.812. The summed E-state index contributed by atoms with van der Waals surface area (Å²) in [5.41, 5.74) is 0.0888. The summed E-state index contributed by atoms with van der Waals surface area (Å²) in [7, 11) is 0. The number of fused-ring (bicyclic) bond motifs is 1. The molecule has 6 nitrogen and oxygen atoms in total. The molecule has 0 bridgehead atoms. The number of aromatic nitrogens is 2. The highest BCUT2D eigenvalue weighted by Gasteiger charge is 2.18. The Morgan fingerprint density at radius 3 is 2.54 bits per heavy atom. The molecule has 0 saturated heterocycles. The fourth-order valence-electron chi connectivity index (χ4n) is 2.63. The second-order valence-corrected chi connectivity index (χ2v) is 6.52. The molecule has 1 unspecified atom stereocenters. The standard InChI is InChI=1S/C18H25N3O3/c1-12(2)11-21-18(24)15-9-5-4-8-14(15)16(20-21)17(23)19-13(3)7-6-10-22/h4-5,8-9,12-13,22H,6-7,10-11H2,1-3H3,(H,19,23). The number of aliphatic hydroxyl groups is 1. The summed E-state index contributed by atoms with van der Waals surface area (Å²) < 4.78 is 1.38. The molecule has 24 heavy (non-hydrogen) atoms. The normalized spacial score (nSPS) is 12.5. The molecule has 0 aliphatic rings. The lowest BCUT2D eigenvalue weighted by Crippen LogP contribution is -2.36. The highest BCUT2D eigenvalue weighted by Crippen LogP contribution is 2.14. The van der Waals surface area contributed by atoms with Gasteiger partial charge in [0.1, 0.15) is 0 Å². The first-order valence-electron chi connectivity index (χ1n) is 8.35. The molecule has 2 N–H and O–H groups in total.